The van der Waals surface area contributed by atoms with Crippen LogP contribution < -0.4 is 5.32 Å². The quantitative estimate of drug-likeness (QED) is 0.858. The third kappa shape index (κ3) is 7.67. The number of hydrogen-bond donors (Lipinski definition) is 1. The summed E-state index contributed by atoms with van der Waals surface area (Å²) in [5, 5.41) is 3.05. The zero-order valence-electron chi connectivity index (χ0n) is 16.1. The highest BCUT2D eigenvalue weighted by atomic mass is 16.1. The molecule has 4 nitrogen and oxygen atoms in total. The molecule has 2 aliphatic heterocycles. The molecule has 23 heavy (non-hydrogen) atoms. The molecule has 2 heterocycles. The zero-order valence-corrected chi connectivity index (χ0v) is 16.1. The Morgan fingerprint density at radius 1 is 1.04 bits per heavy atom. The number of carbonyl (C=O) groups excluding carboxylic acids is 1. The van der Waals surface area contributed by atoms with Crippen LogP contribution in [0.3, 0.4) is 0 Å². The summed E-state index contributed by atoms with van der Waals surface area (Å²) in [7, 11) is 0. The normalized spacial score (nSPS) is 21.8. The summed E-state index contributed by atoms with van der Waals surface area (Å²) in [5.74, 6) is 0.115. The van der Waals surface area contributed by atoms with E-state index in [0.717, 1.165) is 32.0 Å². The Morgan fingerprint density at radius 3 is 1.96 bits per heavy atom. The summed E-state index contributed by atoms with van der Waals surface area (Å²) in [6, 6.07) is 1.87. The Labute approximate surface area is 145 Å². The number of nitrogens with one attached hydrogen (secondary N) is 1. The van der Waals surface area contributed by atoms with Gasteiger partial charge in [0.25, 0.3) is 0 Å². The van der Waals surface area contributed by atoms with Crippen LogP contribution in [-0.2, 0) is 4.79 Å². The summed E-state index contributed by atoms with van der Waals surface area (Å²) < 4.78 is 0. The van der Waals surface area contributed by atoms with Crippen LogP contribution in [0.25, 0.3) is 0 Å². The van der Waals surface area contributed by atoms with Gasteiger partial charge in [0, 0.05) is 39.6 Å². The molecule has 0 unspecified atom stereocenters. The second-order valence-electron chi connectivity index (χ2n) is 7.37. The molecule has 0 saturated carbocycles. The van der Waals surface area contributed by atoms with Crippen molar-refractivity contribution in [3.63, 3.8) is 0 Å². The van der Waals surface area contributed by atoms with Crippen molar-refractivity contribution in [2.24, 2.45) is 0 Å². The maximum Gasteiger partial charge on any atom is 0.217 e. The molecule has 2 fully saturated rings. The minimum absolute atomic E-state index is 0. The summed E-state index contributed by atoms with van der Waals surface area (Å²) in [5.41, 5.74) is 0. The molecule has 0 aromatic rings. The summed E-state index contributed by atoms with van der Waals surface area (Å²) in [4.78, 5) is 16.3. The number of rotatable bonds is 4. The van der Waals surface area contributed by atoms with Gasteiger partial charge >= 0.3 is 0 Å². The Bertz CT molecular complexity index is 321. The largest absolute Gasteiger partial charge is 0.354 e. The van der Waals surface area contributed by atoms with E-state index in [2.05, 4.69) is 42.8 Å². The minimum Gasteiger partial charge on any atom is -0.354 e. The molecule has 2 rings (SSSR count). The van der Waals surface area contributed by atoms with E-state index in [-0.39, 0.29) is 7.33 Å². The summed E-state index contributed by atoms with van der Waals surface area (Å²) in [6.07, 6.45) is 7.49. The third-order valence-corrected chi connectivity index (χ3v) is 5.18. The maximum atomic E-state index is 11.1. The highest BCUT2D eigenvalue weighted by molar-refractivity contribution is 5.73. The van der Waals surface area contributed by atoms with Crippen molar-refractivity contribution in [2.45, 2.75) is 91.3 Å². The average molecular weight is 328 g/mol. The number of carbonyl (C=O) groups is 1. The molecule has 1 N–H and O–H groups in total. The Balaban J connectivity index is 0.000000954. The SMILES string of the molecule is CC(=O)NC1CCN(C2CCN(C(C)C)CC2)CC1.CCCC.[HH]. The molecule has 0 atom stereocenters. The van der Waals surface area contributed by atoms with Crippen LogP contribution in [0.4, 0.5) is 0 Å². The van der Waals surface area contributed by atoms with Gasteiger partial charge in [-0.15, -0.1) is 0 Å². The topological polar surface area (TPSA) is 35.6 Å². The second-order valence-corrected chi connectivity index (χ2v) is 7.37. The lowest BCUT2D eigenvalue weighted by Gasteiger charge is -2.42. The Morgan fingerprint density at radius 2 is 1.57 bits per heavy atom. The molecule has 0 aromatic heterocycles. The van der Waals surface area contributed by atoms with Crippen LogP contribution in [0.2, 0.25) is 0 Å². The number of unbranched alkanes of at least 4 members (excludes halogenated alkanes) is 1. The molecule has 0 aromatic carbocycles. The third-order valence-electron chi connectivity index (χ3n) is 5.18. The van der Waals surface area contributed by atoms with Crippen molar-refractivity contribution in [1.29, 1.82) is 0 Å². The van der Waals surface area contributed by atoms with Gasteiger partial charge in [0.05, 0.1) is 0 Å². The van der Waals surface area contributed by atoms with Crippen molar-refractivity contribution in [2.75, 3.05) is 26.2 Å². The fourth-order valence-electron chi connectivity index (χ4n) is 3.46. The van der Waals surface area contributed by atoms with Crippen LogP contribution in [-0.4, -0.2) is 60.0 Å². The van der Waals surface area contributed by atoms with Gasteiger partial charge in [-0.2, -0.15) is 0 Å². The van der Waals surface area contributed by atoms with Crippen molar-refractivity contribution in [1.82, 2.24) is 15.1 Å². The van der Waals surface area contributed by atoms with Crippen molar-refractivity contribution in [3.05, 3.63) is 0 Å². The van der Waals surface area contributed by atoms with Gasteiger partial charge in [0.2, 0.25) is 5.91 Å². The lowest BCUT2D eigenvalue weighted by atomic mass is 9.97. The van der Waals surface area contributed by atoms with Gasteiger partial charge in [0.1, 0.15) is 0 Å². The maximum absolute atomic E-state index is 11.1. The van der Waals surface area contributed by atoms with E-state index in [0.29, 0.717) is 12.1 Å². The molecule has 1 amide bonds. The van der Waals surface area contributed by atoms with E-state index in [1.807, 2.05) is 0 Å². The molecule has 2 saturated heterocycles. The minimum atomic E-state index is 0. The number of amides is 1. The smallest absolute Gasteiger partial charge is 0.217 e. The lowest BCUT2D eigenvalue weighted by Crippen LogP contribution is -2.51. The predicted octanol–water partition coefficient (Wildman–Crippen LogP) is 3.51. The molecule has 0 radical (unpaired) electrons. The first-order valence-corrected chi connectivity index (χ1v) is 9.73. The van der Waals surface area contributed by atoms with Gasteiger partial charge < -0.3 is 15.1 Å². The molecular formula is C19H41N3O. The Hall–Kier alpha value is -0.610. The molecule has 2 aliphatic rings. The molecule has 0 bridgehead atoms. The van der Waals surface area contributed by atoms with Gasteiger partial charge in [-0.1, -0.05) is 26.7 Å². The first kappa shape index (κ1) is 20.4. The van der Waals surface area contributed by atoms with E-state index >= 15 is 0 Å². The van der Waals surface area contributed by atoms with E-state index in [4.69, 9.17) is 0 Å². The van der Waals surface area contributed by atoms with Gasteiger partial charge in [-0.3, -0.25) is 4.79 Å². The Kier molecular flexibility index (Phi) is 9.80. The van der Waals surface area contributed by atoms with Crippen molar-refractivity contribution < 1.29 is 6.22 Å². The lowest BCUT2D eigenvalue weighted by molar-refractivity contribution is -0.120. The van der Waals surface area contributed by atoms with E-state index < -0.39 is 0 Å². The summed E-state index contributed by atoms with van der Waals surface area (Å²) >= 11 is 0. The molecular weight excluding hydrogens is 286 g/mol. The van der Waals surface area contributed by atoms with Crippen LogP contribution in [0, 0.1) is 0 Å². The number of hydrogen-bond acceptors (Lipinski definition) is 3. The average Bonchev–Trinajstić information content (AvgIpc) is 2.55. The van der Waals surface area contributed by atoms with E-state index in [9.17, 15) is 4.79 Å². The van der Waals surface area contributed by atoms with Crippen molar-refractivity contribution >= 4 is 5.91 Å². The standard InChI is InChI=1S/C15H29N3O.C4H10.H2/c1-12(2)17-10-6-15(7-11-17)18-8-4-14(5-9-18)16-13(3)19;1-3-4-2;/h12,14-15H,4-11H2,1-3H3,(H,16,19);3-4H2,1-2H3;1H. The molecule has 0 aliphatic carbocycles. The number of nitrogens with zero attached hydrogens (tertiary/aromatic N) is 2. The molecule has 4 heteroatoms. The monoisotopic (exact) mass is 327 g/mol. The molecule has 0 spiro atoms. The highest BCUT2D eigenvalue weighted by Gasteiger charge is 2.28. The van der Waals surface area contributed by atoms with Crippen LogP contribution in [0.1, 0.15) is 74.6 Å². The first-order valence-electron chi connectivity index (χ1n) is 9.73. The van der Waals surface area contributed by atoms with Crippen LogP contribution >= 0.6 is 0 Å². The fraction of sp³-hybridized carbons (Fsp3) is 0.947. The zero-order chi connectivity index (χ0) is 17.2. The van der Waals surface area contributed by atoms with Gasteiger partial charge in [-0.05, 0) is 52.6 Å². The number of piperidine rings is 2. The summed E-state index contributed by atoms with van der Waals surface area (Å²) in [6.45, 7) is 15.4. The number of likely N-dealkylation sites (tertiary alicyclic amines) is 2. The van der Waals surface area contributed by atoms with Crippen molar-refractivity contribution in [3.8, 4) is 0 Å². The fourth-order valence-corrected chi connectivity index (χ4v) is 3.46. The van der Waals surface area contributed by atoms with Crippen LogP contribution in [0.5, 0.6) is 0 Å². The van der Waals surface area contributed by atoms with E-state index in [1.54, 1.807) is 6.92 Å². The highest BCUT2D eigenvalue weighted by Crippen LogP contribution is 2.22. The van der Waals surface area contributed by atoms with Gasteiger partial charge in [-0.25, -0.2) is 0 Å². The first-order chi connectivity index (χ1) is 11.0. The van der Waals surface area contributed by atoms with Crippen LogP contribution in [0.15, 0.2) is 0 Å². The molecule has 138 valence electrons. The predicted molar refractivity (Wildman–Crippen MR) is 101 cm³/mol. The second kappa shape index (κ2) is 11.0. The van der Waals surface area contributed by atoms with E-state index in [1.165, 1.54) is 38.8 Å². The van der Waals surface area contributed by atoms with Gasteiger partial charge in [0.15, 0.2) is 0 Å².